The van der Waals surface area contributed by atoms with Crippen LogP contribution in [0.25, 0.3) is 11.0 Å². The van der Waals surface area contributed by atoms with Crippen molar-refractivity contribution in [2.75, 3.05) is 21.3 Å². The topological polar surface area (TPSA) is 115 Å². The third kappa shape index (κ3) is 3.69. The van der Waals surface area contributed by atoms with E-state index in [1.165, 1.54) is 39.5 Å². The van der Waals surface area contributed by atoms with Gasteiger partial charge < -0.3 is 28.8 Å². The van der Waals surface area contributed by atoms with Crippen LogP contribution in [0.15, 0.2) is 45.6 Å². The summed E-state index contributed by atoms with van der Waals surface area (Å²) in [6.07, 6.45) is -0.234. The van der Waals surface area contributed by atoms with Crippen LogP contribution in [0, 0.1) is 0 Å². The third-order valence-electron chi connectivity index (χ3n) is 4.62. The van der Waals surface area contributed by atoms with Gasteiger partial charge in [-0.3, -0.25) is 9.59 Å². The van der Waals surface area contributed by atoms with Gasteiger partial charge in [0.2, 0.25) is 16.9 Å². The minimum atomic E-state index is -0.900. The molecule has 0 spiro atoms. The molecule has 8 nitrogen and oxygen atoms in total. The van der Waals surface area contributed by atoms with Gasteiger partial charge in [0.1, 0.15) is 5.58 Å². The van der Waals surface area contributed by atoms with Crippen molar-refractivity contribution in [3.8, 4) is 23.0 Å². The number of carbonyl (C=O) groups excluding carboxylic acids is 1. The number of aromatic hydroxyl groups is 2. The Hall–Kier alpha value is -3.68. The van der Waals surface area contributed by atoms with Gasteiger partial charge in [-0.25, -0.2) is 0 Å². The van der Waals surface area contributed by atoms with Gasteiger partial charge in [-0.2, -0.15) is 0 Å². The Morgan fingerprint density at radius 1 is 1.03 bits per heavy atom. The van der Waals surface area contributed by atoms with Gasteiger partial charge in [-0.15, -0.1) is 0 Å². The molecule has 0 unspecified atom stereocenters. The molecule has 8 heteroatoms. The van der Waals surface area contributed by atoms with Gasteiger partial charge in [0.05, 0.1) is 39.1 Å². The van der Waals surface area contributed by atoms with Crippen LogP contribution in [0.5, 0.6) is 23.0 Å². The molecule has 3 rings (SSSR count). The number of para-hydroxylation sites is 1. The number of phenolic OH excluding ortho intramolecular Hbond substituents is 1. The van der Waals surface area contributed by atoms with Crippen LogP contribution in [-0.4, -0.2) is 37.5 Å². The van der Waals surface area contributed by atoms with Crippen LogP contribution in [0.3, 0.4) is 0 Å². The summed E-state index contributed by atoms with van der Waals surface area (Å²) >= 11 is 0. The van der Waals surface area contributed by atoms with Crippen LogP contribution in [0.2, 0.25) is 0 Å². The number of hydrogen-bond donors (Lipinski definition) is 2. The molecule has 0 saturated heterocycles. The van der Waals surface area contributed by atoms with Gasteiger partial charge >= 0.3 is 5.97 Å². The van der Waals surface area contributed by atoms with Crippen LogP contribution < -0.4 is 14.9 Å². The molecule has 1 heterocycles. The van der Waals surface area contributed by atoms with Gasteiger partial charge in [0, 0.05) is 0 Å². The molecule has 152 valence electrons. The van der Waals surface area contributed by atoms with E-state index in [9.17, 15) is 19.8 Å². The first-order valence-electron chi connectivity index (χ1n) is 8.67. The van der Waals surface area contributed by atoms with Crippen molar-refractivity contribution in [2.24, 2.45) is 0 Å². The molecule has 0 saturated carbocycles. The molecule has 2 N–H and O–H groups in total. The fourth-order valence-electron chi connectivity index (χ4n) is 3.11. The number of phenols is 1. The quantitative estimate of drug-likeness (QED) is 0.607. The molecule has 0 amide bonds. The number of ether oxygens (including phenoxy) is 3. The summed E-state index contributed by atoms with van der Waals surface area (Å²) in [4.78, 5) is 24.7. The molecule has 0 aliphatic rings. The van der Waals surface area contributed by atoms with E-state index in [-0.39, 0.29) is 40.4 Å². The molecule has 0 aliphatic heterocycles. The van der Waals surface area contributed by atoms with E-state index in [4.69, 9.17) is 18.6 Å². The first kappa shape index (κ1) is 20.1. The highest BCUT2D eigenvalue weighted by Crippen LogP contribution is 2.43. The zero-order chi connectivity index (χ0) is 21.1. The first-order valence-corrected chi connectivity index (χ1v) is 8.67. The second kappa shape index (κ2) is 8.14. The predicted octanol–water partition coefficient (Wildman–Crippen LogP) is 2.92. The van der Waals surface area contributed by atoms with E-state index >= 15 is 0 Å². The normalized spacial score (nSPS) is 11.8. The summed E-state index contributed by atoms with van der Waals surface area (Å²) in [6, 6.07) is 9.41. The lowest BCUT2D eigenvalue weighted by molar-refractivity contribution is -0.140. The standard InChI is InChI=1S/C21H20O8/c1-26-15-8-11(9-16(27-2)19(15)24)13(10-17(22)28-3)21-20(25)18(23)12-6-4-5-7-14(12)29-21/h4-9,13,24-25H,10H2,1-3H3/t13-/m1/s1. The fourth-order valence-corrected chi connectivity index (χ4v) is 3.11. The summed E-state index contributed by atoms with van der Waals surface area (Å²) in [5.41, 5.74) is 0.0583. The minimum absolute atomic E-state index is 0.0943. The largest absolute Gasteiger partial charge is 0.502 e. The maximum atomic E-state index is 12.6. The highest BCUT2D eigenvalue weighted by molar-refractivity contribution is 5.78. The zero-order valence-corrected chi connectivity index (χ0v) is 16.1. The summed E-state index contributed by atoms with van der Waals surface area (Å²) in [5.74, 6) is -2.23. The molecule has 1 aromatic heterocycles. The highest BCUT2D eigenvalue weighted by Gasteiger charge is 2.29. The van der Waals surface area contributed by atoms with Crippen LogP contribution in [0.1, 0.15) is 23.7 Å². The van der Waals surface area contributed by atoms with Crippen molar-refractivity contribution in [3.63, 3.8) is 0 Å². The van der Waals surface area contributed by atoms with Gasteiger partial charge in [0.15, 0.2) is 17.3 Å². The summed E-state index contributed by atoms with van der Waals surface area (Å²) in [7, 11) is 3.95. The molecular formula is C21H20O8. The van der Waals surface area contributed by atoms with Crippen LogP contribution in [-0.2, 0) is 9.53 Å². The Bertz CT molecular complexity index is 1090. The smallest absolute Gasteiger partial charge is 0.306 e. The van der Waals surface area contributed by atoms with Crippen molar-refractivity contribution in [3.05, 3.63) is 57.9 Å². The number of rotatable bonds is 6. The Morgan fingerprint density at radius 3 is 2.24 bits per heavy atom. The monoisotopic (exact) mass is 400 g/mol. The predicted molar refractivity (Wildman–Crippen MR) is 104 cm³/mol. The lowest BCUT2D eigenvalue weighted by Gasteiger charge is -2.19. The molecule has 1 atom stereocenters. The number of esters is 1. The molecule has 3 aromatic rings. The first-order chi connectivity index (χ1) is 13.9. The second-order valence-electron chi connectivity index (χ2n) is 6.25. The van der Waals surface area contributed by atoms with E-state index in [2.05, 4.69) is 0 Å². The third-order valence-corrected chi connectivity index (χ3v) is 4.62. The second-order valence-corrected chi connectivity index (χ2v) is 6.25. The SMILES string of the molecule is COC(=O)C[C@H](c1cc(OC)c(O)c(OC)c1)c1oc2ccccc2c(=O)c1O. The van der Waals surface area contributed by atoms with E-state index in [1.54, 1.807) is 18.2 Å². The number of fused-ring (bicyclic) bond motifs is 1. The molecule has 0 bridgehead atoms. The maximum absolute atomic E-state index is 12.6. The summed E-state index contributed by atoms with van der Waals surface area (Å²) < 4.78 is 20.9. The number of benzene rings is 2. The lowest BCUT2D eigenvalue weighted by atomic mass is 9.91. The minimum Gasteiger partial charge on any atom is -0.502 e. The Labute approximate surface area is 165 Å². The van der Waals surface area contributed by atoms with Crippen molar-refractivity contribution in [1.82, 2.24) is 0 Å². The Morgan fingerprint density at radius 2 is 1.66 bits per heavy atom. The average molecular weight is 400 g/mol. The van der Waals surface area contributed by atoms with E-state index in [0.29, 0.717) is 5.56 Å². The summed E-state index contributed by atoms with van der Waals surface area (Å²) in [6.45, 7) is 0. The fraction of sp³-hybridized carbons (Fsp3) is 0.238. The molecule has 2 aromatic carbocycles. The lowest BCUT2D eigenvalue weighted by Crippen LogP contribution is -2.14. The molecule has 0 aliphatic carbocycles. The van der Waals surface area contributed by atoms with Gasteiger partial charge in [-0.05, 0) is 29.8 Å². The van der Waals surface area contributed by atoms with E-state index < -0.39 is 23.1 Å². The Balaban J connectivity index is 2.27. The van der Waals surface area contributed by atoms with E-state index in [1.807, 2.05) is 0 Å². The number of hydrogen-bond acceptors (Lipinski definition) is 8. The summed E-state index contributed by atoms with van der Waals surface area (Å²) in [5, 5.41) is 20.9. The van der Waals surface area contributed by atoms with Crippen molar-refractivity contribution < 1.29 is 33.6 Å². The van der Waals surface area contributed by atoms with Crippen molar-refractivity contribution >= 4 is 16.9 Å². The molecule has 29 heavy (non-hydrogen) atoms. The van der Waals surface area contributed by atoms with Gasteiger partial charge in [-0.1, -0.05) is 12.1 Å². The maximum Gasteiger partial charge on any atom is 0.306 e. The Kier molecular flexibility index (Phi) is 5.63. The molecule has 0 fully saturated rings. The van der Waals surface area contributed by atoms with E-state index in [0.717, 1.165) is 0 Å². The zero-order valence-electron chi connectivity index (χ0n) is 16.1. The van der Waals surface area contributed by atoms with Crippen LogP contribution >= 0.6 is 0 Å². The van der Waals surface area contributed by atoms with Crippen molar-refractivity contribution in [2.45, 2.75) is 12.3 Å². The molecule has 0 radical (unpaired) electrons. The van der Waals surface area contributed by atoms with Crippen LogP contribution in [0.4, 0.5) is 0 Å². The highest BCUT2D eigenvalue weighted by atomic mass is 16.5. The average Bonchev–Trinajstić information content (AvgIpc) is 2.74. The van der Waals surface area contributed by atoms with Crippen molar-refractivity contribution in [1.29, 1.82) is 0 Å². The number of methoxy groups -OCH3 is 3. The number of carbonyl (C=O) groups is 1. The van der Waals surface area contributed by atoms with Gasteiger partial charge in [0.25, 0.3) is 0 Å². The molecular weight excluding hydrogens is 380 g/mol.